The van der Waals surface area contributed by atoms with Gasteiger partial charge < -0.3 is 16.2 Å². The molecule has 16 heavy (non-hydrogen) atoms. The highest BCUT2D eigenvalue weighted by Crippen LogP contribution is 2.31. The van der Waals surface area contributed by atoms with Crippen LogP contribution in [0.2, 0.25) is 0 Å². The Labute approximate surface area is 97.6 Å². The summed E-state index contributed by atoms with van der Waals surface area (Å²) in [5.41, 5.74) is 4.06. The molecule has 0 aromatic heterocycles. The van der Waals surface area contributed by atoms with Crippen molar-refractivity contribution in [3.05, 3.63) is 0 Å². The Bertz CT molecular complexity index is 260. The van der Waals surface area contributed by atoms with Crippen molar-refractivity contribution in [3.8, 4) is 0 Å². The van der Waals surface area contributed by atoms with Crippen LogP contribution in [-0.2, 0) is 4.79 Å². The Morgan fingerprint density at radius 3 is 2.75 bits per heavy atom. The smallest absolute Gasteiger partial charge is 0.239 e. The van der Waals surface area contributed by atoms with Crippen molar-refractivity contribution in [2.24, 2.45) is 11.7 Å². The topological polar surface area (TPSA) is 75.3 Å². The summed E-state index contributed by atoms with van der Waals surface area (Å²) in [6.45, 7) is 5.78. The number of nitrogens with two attached hydrogens (primary N) is 1. The van der Waals surface area contributed by atoms with Gasteiger partial charge in [-0.2, -0.15) is 0 Å². The van der Waals surface area contributed by atoms with E-state index in [2.05, 4.69) is 12.2 Å². The first-order valence-electron chi connectivity index (χ1n) is 6.02. The molecule has 1 amide bonds. The molecule has 0 radical (unpaired) electrons. The maximum atomic E-state index is 11.6. The zero-order valence-corrected chi connectivity index (χ0v) is 10.5. The average molecular weight is 228 g/mol. The lowest BCUT2D eigenvalue weighted by Crippen LogP contribution is -2.54. The minimum atomic E-state index is -0.878. The summed E-state index contributed by atoms with van der Waals surface area (Å²) >= 11 is 0. The fourth-order valence-corrected chi connectivity index (χ4v) is 2.27. The highest BCUT2D eigenvalue weighted by atomic mass is 16.3. The second-order valence-corrected chi connectivity index (χ2v) is 5.83. The van der Waals surface area contributed by atoms with Crippen LogP contribution in [0.5, 0.6) is 0 Å². The molecule has 1 saturated carbocycles. The van der Waals surface area contributed by atoms with Gasteiger partial charge >= 0.3 is 0 Å². The molecule has 1 aliphatic rings. The molecular formula is C12H24N2O2. The van der Waals surface area contributed by atoms with Crippen molar-refractivity contribution in [2.75, 3.05) is 6.54 Å². The minimum absolute atomic E-state index is 0.209. The van der Waals surface area contributed by atoms with Gasteiger partial charge in [0.15, 0.2) is 0 Å². The van der Waals surface area contributed by atoms with Crippen molar-refractivity contribution < 1.29 is 9.90 Å². The van der Waals surface area contributed by atoms with Crippen molar-refractivity contribution >= 4 is 5.91 Å². The van der Waals surface area contributed by atoms with E-state index in [1.807, 2.05) is 0 Å². The lowest BCUT2D eigenvalue weighted by atomic mass is 9.79. The van der Waals surface area contributed by atoms with Gasteiger partial charge in [0.2, 0.25) is 5.91 Å². The molecule has 4 N–H and O–H groups in total. The molecule has 0 aromatic rings. The number of carbonyl (C=O) groups is 1. The lowest BCUT2D eigenvalue weighted by molar-refractivity contribution is -0.127. The second kappa shape index (κ2) is 4.72. The molecule has 1 aliphatic carbocycles. The minimum Gasteiger partial charge on any atom is -0.388 e. The van der Waals surface area contributed by atoms with Crippen LogP contribution in [0.1, 0.15) is 46.5 Å². The molecule has 0 aromatic carbocycles. The summed E-state index contributed by atoms with van der Waals surface area (Å²) in [7, 11) is 0. The second-order valence-electron chi connectivity index (χ2n) is 5.83. The zero-order chi connectivity index (χ0) is 12.4. The first-order chi connectivity index (χ1) is 7.23. The summed E-state index contributed by atoms with van der Waals surface area (Å²) in [6, 6.07) is 0. The predicted molar refractivity (Wildman–Crippen MR) is 63.9 cm³/mol. The molecule has 0 spiro atoms. The third kappa shape index (κ3) is 3.76. The first kappa shape index (κ1) is 13.5. The summed E-state index contributed by atoms with van der Waals surface area (Å²) in [4.78, 5) is 11.6. The van der Waals surface area contributed by atoms with Crippen LogP contribution in [0.4, 0.5) is 0 Å². The van der Waals surface area contributed by atoms with E-state index < -0.39 is 11.1 Å². The fourth-order valence-electron chi connectivity index (χ4n) is 2.27. The molecule has 4 heteroatoms. The molecule has 1 fully saturated rings. The van der Waals surface area contributed by atoms with E-state index in [-0.39, 0.29) is 5.91 Å². The predicted octanol–water partition coefficient (Wildman–Crippen LogP) is 0.781. The van der Waals surface area contributed by atoms with Gasteiger partial charge in [-0.15, -0.1) is 0 Å². The van der Waals surface area contributed by atoms with E-state index in [4.69, 9.17) is 5.73 Å². The van der Waals surface area contributed by atoms with Gasteiger partial charge in [-0.3, -0.25) is 4.79 Å². The monoisotopic (exact) mass is 228 g/mol. The normalized spacial score (nSPS) is 31.2. The van der Waals surface area contributed by atoms with Crippen LogP contribution in [0, 0.1) is 5.92 Å². The Kier molecular flexibility index (Phi) is 3.97. The Hall–Kier alpha value is -0.610. The number of hydrogen-bond acceptors (Lipinski definition) is 3. The molecule has 0 bridgehead atoms. The van der Waals surface area contributed by atoms with Gasteiger partial charge in [-0.25, -0.2) is 0 Å². The summed E-state index contributed by atoms with van der Waals surface area (Å²) < 4.78 is 0. The average Bonchev–Trinajstić information content (AvgIpc) is 2.12. The van der Waals surface area contributed by atoms with E-state index in [9.17, 15) is 9.90 Å². The van der Waals surface area contributed by atoms with Crippen LogP contribution >= 0.6 is 0 Å². The number of amides is 1. The van der Waals surface area contributed by atoms with Crippen LogP contribution < -0.4 is 11.1 Å². The summed E-state index contributed by atoms with van der Waals surface area (Å²) in [6.07, 6.45) is 3.72. The van der Waals surface area contributed by atoms with Crippen LogP contribution in [-0.4, -0.2) is 28.7 Å². The van der Waals surface area contributed by atoms with E-state index in [1.54, 1.807) is 13.8 Å². The Morgan fingerprint density at radius 2 is 2.25 bits per heavy atom. The highest BCUT2D eigenvalue weighted by molar-refractivity contribution is 5.85. The number of aliphatic hydroxyl groups is 1. The first-order valence-corrected chi connectivity index (χ1v) is 6.02. The number of nitrogens with one attached hydrogen (secondary N) is 1. The molecule has 0 aliphatic heterocycles. The van der Waals surface area contributed by atoms with E-state index >= 15 is 0 Å². The third-order valence-electron chi connectivity index (χ3n) is 3.23. The lowest BCUT2D eigenvalue weighted by Gasteiger charge is -2.36. The van der Waals surface area contributed by atoms with E-state index in [1.165, 1.54) is 6.42 Å². The molecule has 94 valence electrons. The van der Waals surface area contributed by atoms with Gasteiger partial charge in [0.1, 0.15) is 0 Å². The summed E-state index contributed by atoms with van der Waals surface area (Å²) in [5, 5.41) is 13.0. The SMILES string of the molecule is CC1CCCC(O)(CNC(=O)C(C)(C)N)C1. The fraction of sp³-hybridized carbons (Fsp3) is 0.917. The van der Waals surface area contributed by atoms with Crippen LogP contribution in [0.15, 0.2) is 0 Å². The zero-order valence-electron chi connectivity index (χ0n) is 10.5. The summed E-state index contributed by atoms with van der Waals surface area (Å²) in [5.74, 6) is 0.320. The molecule has 0 saturated heterocycles. The van der Waals surface area contributed by atoms with Gasteiger partial charge in [-0.05, 0) is 32.6 Å². The highest BCUT2D eigenvalue weighted by Gasteiger charge is 2.34. The molecule has 2 atom stereocenters. The van der Waals surface area contributed by atoms with Crippen molar-refractivity contribution in [3.63, 3.8) is 0 Å². The Balaban J connectivity index is 2.45. The largest absolute Gasteiger partial charge is 0.388 e. The molecular weight excluding hydrogens is 204 g/mol. The molecule has 4 nitrogen and oxygen atoms in total. The standard InChI is InChI=1S/C12H24N2O2/c1-9-5-4-6-12(16,7-9)8-14-10(15)11(2,3)13/h9,16H,4-8,13H2,1-3H3,(H,14,15). The van der Waals surface area contributed by atoms with Gasteiger partial charge in [0.05, 0.1) is 11.1 Å². The molecule has 1 rings (SSSR count). The van der Waals surface area contributed by atoms with E-state index in [0.29, 0.717) is 12.5 Å². The number of carbonyl (C=O) groups excluding carboxylic acids is 1. The molecule has 0 heterocycles. The molecule has 2 unspecified atom stereocenters. The Morgan fingerprint density at radius 1 is 1.62 bits per heavy atom. The van der Waals surface area contributed by atoms with Crippen molar-refractivity contribution in [1.82, 2.24) is 5.32 Å². The number of rotatable bonds is 3. The van der Waals surface area contributed by atoms with Gasteiger partial charge in [-0.1, -0.05) is 19.8 Å². The van der Waals surface area contributed by atoms with Gasteiger partial charge in [0.25, 0.3) is 0 Å². The van der Waals surface area contributed by atoms with Crippen molar-refractivity contribution in [2.45, 2.75) is 57.6 Å². The van der Waals surface area contributed by atoms with Crippen LogP contribution in [0.25, 0.3) is 0 Å². The maximum Gasteiger partial charge on any atom is 0.239 e. The maximum absolute atomic E-state index is 11.6. The van der Waals surface area contributed by atoms with E-state index in [0.717, 1.165) is 19.3 Å². The number of hydrogen-bond donors (Lipinski definition) is 3. The van der Waals surface area contributed by atoms with Crippen LogP contribution in [0.3, 0.4) is 0 Å². The van der Waals surface area contributed by atoms with Crippen molar-refractivity contribution in [1.29, 1.82) is 0 Å². The third-order valence-corrected chi connectivity index (χ3v) is 3.23. The van der Waals surface area contributed by atoms with Gasteiger partial charge in [0, 0.05) is 6.54 Å². The quantitative estimate of drug-likeness (QED) is 0.668.